The smallest absolute Gasteiger partial charge is 0.252 e. The summed E-state index contributed by atoms with van der Waals surface area (Å²) in [6, 6.07) is 9.35. The van der Waals surface area contributed by atoms with Crippen LogP contribution in [0.5, 0.6) is 0 Å². The molecule has 0 saturated heterocycles. The number of aromatic nitrogens is 1. The van der Waals surface area contributed by atoms with E-state index in [1.165, 1.54) is 29.0 Å². The standard InChI is InChI=1S/C23H28FN3O3/c1-23(2,18-9-5-6-10-19(18)24)15-25-22(30)16-11-12-21(29)27(13-16)14-20(28)26-17-7-3-4-8-17/h5-6,9-13,17H,3-4,7-8,14-15H2,1-2H3,(H,25,30)(H,26,28). The van der Waals surface area contributed by atoms with Crippen molar-refractivity contribution >= 4 is 11.8 Å². The van der Waals surface area contributed by atoms with E-state index in [4.69, 9.17) is 0 Å². The highest BCUT2D eigenvalue weighted by molar-refractivity contribution is 5.94. The van der Waals surface area contributed by atoms with Crippen molar-refractivity contribution in [2.45, 2.75) is 57.5 Å². The van der Waals surface area contributed by atoms with E-state index in [0.717, 1.165) is 25.7 Å². The number of pyridine rings is 1. The van der Waals surface area contributed by atoms with Gasteiger partial charge in [-0.15, -0.1) is 0 Å². The van der Waals surface area contributed by atoms with Gasteiger partial charge in [-0.3, -0.25) is 14.4 Å². The third-order valence-electron chi connectivity index (χ3n) is 5.57. The van der Waals surface area contributed by atoms with E-state index in [0.29, 0.717) is 5.56 Å². The molecule has 2 N–H and O–H groups in total. The Balaban J connectivity index is 1.64. The van der Waals surface area contributed by atoms with Crippen LogP contribution in [0.4, 0.5) is 4.39 Å². The van der Waals surface area contributed by atoms with Crippen molar-refractivity contribution in [2.75, 3.05) is 6.54 Å². The largest absolute Gasteiger partial charge is 0.352 e. The van der Waals surface area contributed by atoms with Crippen LogP contribution in [0.1, 0.15) is 55.5 Å². The van der Waals surface area contributed by atoms with E-state index in [1.807, 2.05) is 13.8 Å². The maximum atomic E-state index is 14.1. The highest BCUT2D eigenvalue weighted by Gasteiger charge is 2.25. The first kappa shape index (κ1) is 21.7. The van der Waals surface area contributed by atoms with Gasteiger partial charge < -0.3 is 15.2 Å². The summed E-state index contributed by atoms with van der Waals surface area (Å²) in [5.41, 5.74) is -0.178. The highest BCUT2D eigenvalue weighted by Crippen LogP contribution is 2.25. The molecule has 0 radical (unpaired) electrons. The van der Waals surface area contributed by atoms with Gasteiger partial charge in [-0.1, -0.05) is 44.9 Å². The van der Waals surface area contributed by atoms with Crippen molar-refractivity contribution in [3.63, 3.8) is 0 Å². The topological polar surface area (TPSA) is 80.2 Å². The first-order valence-corrected chi connectivity index (χ1v) is 10.3. The van der Waals surface area contributed by atoms with Crippen LogP contribution in [0, 0.1) is 5.82 Å². The molecule has 1 aromatic heterocycles. The molecule has 160 valence electrons. The summed E-state index contributed by atoms with van der Waals surface area (Å²) in [7, 11) is 0. The molecule has 2 aromatic rings. The summed E-state index contributed by atoms with van der Waals surface area (Å²) < 4.78 is 15.3. The second-order valence-electron chi connectivity index (χ2n) is 8.48. The minimum atomic E-state index is -0.614. The zero-order valence-electron chi connectivity index (χ0n) is 17.4. The van der Waals surface area contributed by atoms with Crippen LogP contribution in [0.3, 0.4) is 0 Å². The number of benzene rings is 1. The normalized spacial score (nSPS) is 14.5. The minimum Gasteiger partial charge on any atom is -0.352 e. The van der Waals surface area contributed by atoms with Crippen molar-refractivity contribution in [2.24, 2.45) is 0 Å². The Hall–Kier alpha value is -2.96. The van der Waals surface area contributed by atoms with Gasteiger partial charge in [0.2, 0.25) is 5.91 Å². The van der Waals surface area contributed by atoms with Crippen molar-refractivity contribution in [3.05, 3.63) is 69.9 Å². The molecule has 0 spiro atoms. The van der Waals surface area contributed by atoms with E-state index in [1.54, 1.807) is 18.2 Å². The number of rotatable bonds is 7. The molecular weight excluding hydrogens is 385 g/mol. The van der Waals surface area contributed by atoms with Gasteiger partial charge in [0, 0.05) is 30.3 Å². The minimum absolute atomic E-state index is 0.128. The zero-order valence-corrected chi connectivity index (χ0v) is 17.4. The number of hydrogen-bond acceptors (Lipinski definition) is 3. The molecule has 1 aromatic carbocycles. The molecule has 1 fully saturated rings. The zero-order chi connectivity index (χ0) is 21.7. The maximum absolute atomic E-state index is 14.1. The second-order valence-corrected chi connectivity index (χ2v) is 8.48. The van der Waals surface area contributed by atoms with Gasteiger partial charge in [-0.25, -0.2) is 4.39 Å². The number of nitrogens with one attached hydrogen (secondary N) is 2. The predicted molar refractivity (Wildman–Crippen MR) is 113 cm³/mol. The van der Waals surface area contributed by atoms with Crippen LogP contribution in [0.25, 0.3) is 0 Å². The molecule has 3 rings (SSSR count). The molecular formula is C23H28FN3O3. The van der Waals surface area contributed by atoms with Crippen molar-refractivity contribution in [1.29, 1.82) is 0 Å². The van der Waals surface area contributed by atoms with Crippen LogP contribution in [-0.2, 0) is 16.8 Å². The van der Waals surface area contributed by atoms with Crippen LogP contribution in [-0.4, -0.2) is 29.0 Å². The lowest BCUT2D eigenvalue weighted by atomic mass is 9.84. The number of nitrogens with zero attached hydrogens (tertiary/aromatic N) is 1. The molecule has 7 heteroatoms. The first-order valence-electron chi connectivity index (χ1n) is 10.3. The molecule has 0 unspecified atom stereocenters. The van der Waals surface area contributed by atoms with Crippen LogP contribution >= 0.6 is 0 Å². The Morgan fingerprint density at radius 3 is 2.53 bits per heavy atom. The van der Waals surface area contributed by atoms with E-state index in [2.05, 4.69) is 10.6 Å². The Morgan fingerprint density at radius 1 is 1.13 bits per heavy atom. The Labute approximate surface area is 175 Å². The maximum Gasteiger partial charge on any atom is 0.252 e. The van der Waals surface area contributed by atoms with Gasteiger partial charge in [-0.05, 0) is 30.5 Å². The van der Waals surface area contributed by atoms with Gasteiger partial charge in [0.05, 0.1) is 5.56 Å². The SMILES string of the molecule is CC(C)(CNC(=O)c1ccc(=O)n(CC(=O)NC2CCCC2)c1)c1ccccc1F. The molecule has 1 aliphatic rings. The van der Waals surface area contributed by atoms with Crippen molar-refractivity contribution in [3.8, 4) is 0 Å². The Bertz CT molecular complexity index is 978. The fourth-order valence-corrected chi connectivity index (χ4v) is 3.80. The van der Waals surface area contributed by atoms with Gasteiger partial charge in [0.15, 0.2) is 0 Å². The average molecular weight is 413 g/mol. The summed E-state index contributed by atoms with van der Waals surface area (Å²) in [5.74, 6) is -0.940. The van der Waals surface area contributed by atoms with E-state index in [-0.39, 0.29) is 47.9 Å². The van der Waals surface area contributed by atoms with E-state index >= 15 is 0 Å². The van der Waals surface area contributed by atoms with E-state index < -0.39 is 5.41 Å². The molecule has 0 atom stereocenters. The predicted octanol–water partition coefficient (Wildman–Crippen LogP) is 2.75. The van der Waals surface area contributed by atoms with Crippen LogP contribution in [0.2, 0.25) is 0 Å². The first-order chi connectivity index (χ1) is 14.3. The summed E-state index contributed by atoms with van der Waals surface area (Å²) >= 11 is 0. The van der Waals surface area contributed by atoms with E-state index in [9.17, 15) is 18.8 Å². The van der Waals surface area contributed by atoms with Gasteiger partial charge >= 0.3 is 0 Å². The number of halogens is 1. The third kappa shape index (κ3) is 5.34. The lowest BCUT2D eigenvalue weighted by molar-refractivity contribution is -0.122. The molecule has 6 nitrogen and oxygen atoms in total. The van der Waals surface area contributed by atoms with Crippen LogP contribution < -0.4 is 16.2 Å². The highest BCUT2D eigenvalue weighted by atomic mass is 19.1. The molecule has 1 saturated carbocycles. The summed E-state index contributed by atoms with van der Waals surface area (Å²) in [6.45, 7) is 3.78. The Kier molecular flexibility index (Phi) is 6.70. The molecule has 30 heavy (non-hydrogen) atoms. The van der Waals surface area contributed by atoms with Gasteiger partial charge in [0.25, 0.3) is 11.5 Å². The van der Waals surface area contributed by atoms with Gasteiger partial charge in [0.1, 0.15) is 12.4 Å². The number of hydrogen-bond donors (Lipinski definition) is 2. The molecule has 0 aliphatic heterocycles. The van der Waals surface area contributed by atoms with Crippen LogP contribution in [0.15, 0.2) is 47.4 Å². The third-order valence-corrected chi connectivity index (χ3v) is 5.57. The monoisotopic (exact) mass is 413 g/mol. The molecule has 2 amide bonds. The Morgan fingerprint density at radius 2 is 1.83 bits per heavy atom. The molecule has 0 bridgehead atoms. The number of carbonyl (C=O) groups is 2. The average Bonchev–Trinajstić information content (AvgIpc) is 3.21. The van der Waals surface area contributed by atoms with Crippen molar-refractivity contribution in [1.82, 2.24) is 15.2 Å². The lowest BCUT2D eigenvalue weighted by Crippen LogP contribution is -2.39. The lowest BCUT2D eigenvalue weighted by Gasteiger charge is -2.26. The fraction of sp³-hybridized carbons (Fsp3) is 0.435. The van der Waals surface area contributed by atoms with Crippen molar-refractivity contribution < 1.29 is 14.0 Å². The second kappa shape index (κ2) is 9.24. The summed E-state index contributed by atoms with van der Waals surface area (Å²) in [5, 5.41) is 5.74. The molecule has 1 aliphatic carbocycles. The van der Waals surface area contributed by atoms with Gasteiger partial charge in [-0.2, -0.15) is 0 Å². The summed E-state index contributed by atoms with van der Waals surface area (Å²) in [6.07, 6.45) is 5.51. The number of carbonyl (C=O) groups excluding carboxylic acids is 2. The molecule has 1 heterocycles. The fourth-order valence-electron chi connectivity index (χ4n) is 3.80. The quantitative estimate of drug-likeness (QED) is 0.733. The number of amides is 2. The summed E-state index contributed by atoms with van der Waals surface area (Å²) in [4.78, 5) is 37.0.